The number of carbonyl (C=O) groups is 2. The highest BCUT2D eigenvalue weighted by molar-refractivity contribution is 5.92. The van der Waals surface area contributed by atoms with Crippen LogP contribution in [0.25, 0.3) is 5.65 Å². The molecule has 0 saturated carbocycles. The highest BCUT2D eigenvalue weighted by Gasteiger charge is 2.32. The quantitative estimate of drug-likeness (QED) is 0.341. The van der Waals surface area contributed by atoms with Crippen LogP contribution in [-0.2, 0) is 10.2 Å². The number of hydrogen-bond acceptors (Lipinski definition) is 10. The summed E-state index contributed by atoms with van der Waals surface area (Å²) in [5.41, 5.74) is 3.37. The summed E-state index contributed by atoms with van der Waals surface area (Å²) in [5, 5.41) is 11.2. The highest BCUT2D eigenvalue weighted by atomic mass is 16.2. The first-order chi connectivity index (χ1) is 21.1. The Morgan fingerprint density at radius 2 is 1.80 bits per heavy atom. The molecule has 0 radical (unpaired) electrons. The van der Waals surface area contributed by atoms with Gasteiger partial charge in [-0.2, -0.15) is 4.98 Å². The number of aromatic nitrogens is 6. The molecule has 3 aromatic heterocycles. The van der Waals surface area contributed by atoms with Crippen molar-refractivity contribution in [1.82, 2.24) is 44.7 Å². The van der Waals surface area contributed by atoms with E-state index in [2.05, 4.69) is 56.2 Å². The second-order valence-electron chi connectivity index (χ2n) is 12.6. The van der Waals surface area contributed by atoms with Crippen LogP contribution < -0.4 is 15.5 Å². The third-order valence-electron chi connectivity index (χ3n) is 8.26. The number of imidazole rings is 1. The van der Waals surface area contributed by atoms with E-state index in [0.29, 0.717) is 29.7 Å². The summed E-state index contributed by atoms with van der Waals surface area (Å²) in [6.07, 6.45) is 8.41. The molecule has 5 heterocycles. The summed E-state index contributed by atoms with van der Waals surface area (Å²) in [4.78, 5) is 49.9. The fourth-order valence-corrected chi connectivity index (χ4v) is 5.63. The van der Waals surface area contributed by atoms with E-state index in [1.165, 1.54) is 0 Å². The summed E-state index contributed by atoms with van der Waals surface area (Å²) in [6, 6.07) is 7.47. The molecule has 2 saturated heterocycles. The van der Waals surface area contributed by atoms with Gasteiger partial charge in [0, 0.05) is 69.0 Å². The number of hydrogen-bond donors (Lipinski definition) is 2. The first kappa shape index (κ1) is 29.4. The molecular weight excluding hydrogens is 558 g/mol. The minimum Gasteiger partial charge on any atom is -0.346 e. The molecule has 2 fully saturated rings. The number of anilines is 3. The zero-order valence-electron chi connectivity index (χ0n) is 25.9. The Balaban J connectivity index is 1.16. The van der Waals surface area contributed by atoms with E-state index in [9.17, 15) is 9.59 Å². The maximum absolute atomic E-state index is 13.0. The van der Waals surface area contributed by atoms with Gasteiger partial charge in [-0.3, -0.25) is 19.5 Å². The van der Waals surface area contributed by atoms with Crippen LogP contribution in [-0.4, -0.2) is 97.5 Å². The molecule has 1 aromatic carbocycles. The van der Waals surface area contributed by atoms with Crippen molar-refractivity contribution in [2.24, 2.45) is 0 Å². The van der Waals surface area contributed by atoms with Gasteiger partial charge in [-0.15, -0.1) is 5.10 Å². The van der Waals surface area contributed by atoms with Crippen molar-refractivity contribution in [1.29, 1.82) is 0 Å². The number of piperidine rings is 1. The molecule has 2 amide bonds. The van der Waals surface area contributed by atoms with E-state index in [-0.39, 0.29) is 29.3 Å². The van der Waals surface area contributed by atoms with Gasteiger partial charge in [-0.1, -0.05) is 32.9 Å². The molecule has 0 aliphatic carbocycles. The number of rotatable bonds is 6. The molecule has 1 unspecified atom stereocenters. The van der Waals surface area contributed by atoms with Gasteiger partial charge in [0.15, 0.2) is 11.5 Å². The Kier molecular flexibility index (Phi) is 7.89. The van der Waals surface area contributed by atoms with Crippen LogP contribution in [0, 0.1) is 0 Å². The van der Waals surface area contributed by atoms with Crippen LogP contribution in [0.4, 0.5) is 17.5 Å². The summed E-state index contributed by atoms with van der Waals surface area (Å²) in [7, 11) is 3.83. The summed E-state index contributed by atoms with van der Waals surface area (Å²) < 4.78 is 1.71. The lowest BCUT2D eigenvalue weighted by atomic mass is 9.93. The molecule has 2 N–H and O–H groups in total. The average Bonchev–Trinajstić information content (AvgIpc) is 3.49. The smallest absolute Gasteiger partial charge is 0.271 e. The molecule has 4 aromatic rings. The van der Waals surface area contributed by atoms with Crippen molar-refractivity contribution >= 4 is 34.9 Å². The van der Waals surface area contributed by atoms with Crippen LogP contribution in [0.15, 0.2) is 49.1 Å². The number of likely N-dealkylation sites (N-methyl/N-ethyl adjacent to an activating group) is 2. The van der Waals surface area contributed by atoms with E-state index < -0.39 is 0 Å². The Morgan fingerprint density at radius 3 is 2.52 bits per heavy atom. The van der Waals surface area contributed by atoms with Crippen molar-refractivity contribution in [3.8, 4) is 0 Å². The van der Waals surface area contributed by atoms with E-state index in [0.717, 1.165) is 49.4 Å². The third-order valence-corrected chi connectivity index (χ3v) is 8.26. The van der Waals surface area contributed by atoms with Crippen molar-refractivity contribution in [3.63, 3.8) is 0 Å². The molecule has 2 aliphatic rings. The lowest BCUT2D eigenvalue weighted by Crippen LogP contribution is -2.48. The van der Waals surface area contributed by atoms with Gasteiger partial charge < -0.3 is 20.4 Å². The van der Waals surface area contributed by atoms with Gasteiger partial charge in [-0.05, 0) is 37.6 Å². The topological polar surface area (TPSA) is 137 Å². The Labute approximate surface area is 256 Å². The lowest BCUT2D eigenvalue weighted by molar-refractivity contribution is -0.139. The number of nitrogens with zero attached hydrogens (tertiary/aromatic N) is 9. The van der Waals surface area contributed by atoms with E-state index in [1.807, 2.05) is 38.4 Å². The number of amides is 2. The Hall–Kier alpha value is -4.65. The molecule has 0 spiro atoms. The fraction of sp³-hybridized carbons (Fsp3) is 0.452. The van der Waals surface area contributed by atoms with Gasteiger partial charge >= 0.3 is 0 Å². The minimum absolute atomic E-state index is 0.0916. The van der Waals surface area contributed by atoms with E-state index in [1.54, 1.807) is 34.2 Å². The second-order valence-corrected chi connectivity index (χ2v) is 12.6. The first-order valence-corrected chi connectivity index (χ1v) is 15.0. The molecule has 13 heteroatoms. The Morgan fingerprint density at radius 1 is 1.00 bits per heavy atom. The molecule has 230 valence electrons. The largest absolute Gasteiger partial charge is 0.346 e. The number of fused-ring (bicyclic) bond motifs is 1. The fourth-order valence-electron chi connectivity index (χ4n) is 5.63. The van der Waals surface area contributed by atoms with Crippen LogP contribution >= 0.6 is 0 Å². The van der Waals surface area contributed by atoms with Crippen molar-refractivity contribution in [3.05, 3.63) is 66.0 Å². The normalized spacial score (nSPS) is 19.8. The van der Waals surface area contributed by atoms with Gasteiger partial charge in [0.05, 0.1) is 11.9 Å². The zero-order valence-corrected chi connectivity index (χ0v) is 25.9. The standard InChI is InChI=1S/C31H39N11O2/c1-31(2,3)24-18-33-23(17-34-24)28(43)36-22-7-6-13-41(19-22)30-37-26(27-32-12-14-42(27)38-30)35-21-10-8-20(9-11-21)25-29(44)40(5)16-15-39(25)4/h8-12,14,17-18,22,25H,6-7,13,15-16,19H2,1-5H3,(H,36,43)(H,35,37,38)/t22-,25?/m1/s1. The van der Waals surface area contributed by atoms with Crippen molar-refractivity contribution in [2.75, 3.05) is 50.5 Å². The van der Waals surface area contributed by atoms with Gasteiger partial charge in [-0.25, -0.2) is 14.5 Å². The van der Waals surface area contributed by atoms with Crippen LogP contribution in [0.5, 0.6) is 0 Å². The zero-order chi connectivity index (χ0) is 31.0. The van der Waals surface area contributed by atoms with Crippen LogP contribution in [0.1, 0.15) is 61.4 Å². The maximum atomic E-state index is 13.0. The van der Waals surface area contributed by atoms with Gasteiger partial charge in [0.1, 0.15) is 11.7 Å². The summed E-state index contributed by atoms with van der Waals surface area (Å²) in [5.74, 6) is 0.967. The van der Waals surface area contributed by atoms with E-state index in [4.69, 9.17) is 10.1 Å². The number of nitrogens with one attached hydrogen (secondary N) is 2. The molecule has 6 rings (SSSR count). The van der Waals surface area contributed by atoms with Gasteiger partial charge in [0.2, 0.25) is 11.9 Å². The van der Waals surface area contributed by atoms with Crippen molar-refractivity contribution < 1.29 is 9.59 Å². The number of benzene rings is 1. The molecule has 0 bridgehead atoms. The van der Waals surface area contributed by atoms with Crippen LogP contribution in [0.2, 0.25) is 0 Å². The first-order valence-electron chi connectivity index (χ1n) is 15.0. The summed E-state index contributed by atoms with van der Waals surface area (Å²) in [6.45, 7) is 9.06. The molecule has 2 atom stereocenters. The second kappa shape index (κ2) is 11.8. The van der Waals surface area contributed by atoms with E-state index >= 15 is 0 Å². The molecule has 44 heavy (non-hydrogen) atoms. The van der Waals surface area contributed by atoms with Crippen molar-refractivity contribution in [2.45, 2.75) is 51.1 Å². The predicted molar refractivity (Wildman–Crippen MR) is 167 cm³/mol. The third kappa shape index (κ3) is 6.05. The maximum Gasteiger partial charge on any atom is 0.271 e. The Bertz CT molecular complexity index is 1650. The monoisotopic (exact) mass is 597 g/mol. The average molecular weight is 598 g/mol. The molecule has 13 nitrogen and oxygen atoms in total. The minimum atomic E-state index is -0.296. The SMILES string of the molecule is CN1CCN(C)C(c2ccc(Nc3nc(N4CCC[C@@H](NC(=O)c5cnc(C(C)(C)C)cn5)C4)nn4ccnc34)cc2)C1=O. The van der Waals surface area contributed by atoms with Gasteiger partial charge in [0.25, 0.3) is 5.91 Å². The number of piperazine rings is 1. The highest BCUT2D eigenvalue weighted by Crippen LogP contribution is 2.28. The lowest BCUT2D eigenvalue weighted by Gasteiger charge is -2.37. The molecule has 2 aliphatic heterocycles. The summed E-state index contributed by atoms with van der Waals surface area (Å²) >= 11 is 0. The number of carbonyl (C=O) groups excluding carboxylic acids is 2. The van der Waals surface area contributed by atoms with Crippen LogP contribution in [0.3, 0.4) is 0 Å². The molecular formula is C31H39N11O2. The predicted octanol–water partition coefficient (Wildman–Crippen LogP) is 2.80.